The number of ether oxygens (including phenoxy) is 2. The Hall–Kier alpha value is -2.50. The molecule has 0 fully saturated rings. The first kappa shape index (κ1) is 15.4. The van der Waals surface area contributed by atoms with E-state index < -0.39 is 0 Å². The van der Waals surface area contributed by atoms with Crippen LogP contribution in [0.3, 0.4) is 0 Å². The van der Waals surface area contributed by atoms with E-state index in [0.29, 0.717) is 32.5 Å². The van der Waals surface area contributed by atoms with E-state index in [0.717, 1.165) is 22.8 Å². The fourth-order valence-corrected chi connectivity index (χ4v) is 2.73. The van der Waals surface area contributed by atoms with Crippen molar-refractivity contribution >= 4 is 5.91 Å². The molecular weight excluding hydrogens is 294 g/mol. The fourth-order valence-electron chi connectivity index (χ4n) is 2.73. The van der Waals surface area contributed by atoms with Crippen LogP contribution in [0.5, 0.6) is 11.5 Å². The highest BCUT2D eigenvalue weighted by atomic mass is 16.5. The maximum Gasteiger partial charge on any atom is 0.223 e. The number of carbonyl (C=O) groups is 1. The molecule has 1 aromatic carbocycles. The highest BCUT2D eigenvalue weighted by Crippen LogP contribution is 2.28. The third kappa shape index (κ3) is 3.47. The molecule has 0 radical (unpaired) electrons. The topological polar surface area (TPSA) is 56.6 Å². The van der Waals surface area contributed by atoms with Gasteiger partial charge in [-0.1, -0.05) is 0 Å². The second kappa shape index (κ2) is 6.73. The van der Waals surface area contributed by atoms with Crippen molar-refractivity contribution in [3.05, 3.63) is 41.7 Å². The van der Waals surface area contributed by atoms with Gasteiger partial charge in [-0.25, -0.2) is 0 Å². The summed E-state index contributed by atoms with van der Waals surface area (Å²) in [5.74, 6) is 1.70. The molecule has 6 heteroatoms. The highest BCUT2D eigenvalue weighted by molar-refractivity contribution is 5.76. The van der Waals surface area contributed by atoms with Gasteiger partial charge in [-0.3, -0.25) is 9.48 Å². The minimum absolute atomic E-state index is 0.137. The van der Waals surface area contributed by atoms with Crippen LogP contribution in [0.25, 0.3) is 0 Å². The Morgan fingerprint density at radius 3 is 3.00 bits per heavy atom. The molecule has 2 heterocycles. The largest absolute Gasteiger partial charge is 0.497 e. The van der Waals surface area contributed by atoms with Crippen LogP contribution < -0.4 is 9.47 Å². The lowest BCUT2D eigenvalue weighted by molar-refractivity contribution is -0.131. The van der Waals surface area contributed by atoms with E-state index in [-0.39, 0.29) is 5.91 Å². The SMILES string of the molecule is COc1ccc2c(c1)OCCN(C(=O)CCc1ccnn1C)C2. The van der Waals surface area contributed by atoms with Crippen molar-refractivity contribution in [3.63, 3.8) is 0 Å². The molecule has 2 aromatic rings. The quantitative estimate of drug-likeness (QED) is 0.863. The van der Waals surface area contributed by atoms with Crippen LogP contribution in [0, 0.1) is 0 Å². The molecule has 23 heavy (non-hydrogen) atoms. The van der Waals surface area contributed by atoms with Crippen LogP contribution in [0.15, 0.2) is 30.5 Å². The minimum atomic E-state index is 0.137. The summed E-state index contributed by atoms with van der Waals surface area (Å²) in [5, 5.41) is 4.13. The van der Waals surface area contributed by atoms with Gasteiger partial charge in [0.15, 0.2) is 0 Å². The van der Waals surface area contributed by atoms with Crippen LogP contribution in [0.1, 0.15) is 17.7 Å². The Kier molecular flexibility index (Phi) is 4.50. The predicted octanol–water partition coefficient (Wildman–Crippen LogP) is 1.78. The van der Waals surface area contributed by atoms with Gasteiger partial charge in [-0.05, 0) is 24.6 Å². The third-order valence-corrected chi connectivity index (χ3v) is 4.12. The van der Waals surface area contributed by atoms with E-state index >= 15 is 0 Å². The molecule has 0 atom stereocenters. The van der Waals surface area contributed by atoms with Crippen molar-refractivity contribution in [2.24, 2.45) is 7.05 Å². The molecule has 122 valence electrons. The second-order valence-corrected chi connectivity index (χ2v) is 5.58. The monoisotopic (exact) mass is 315 g/mol. The minimum Gasteiger partial charge on any atom is -0.497 e. The van der Waals surface area contributed by atoms with Crippen LogP contribution >= 0.6 is 0 Å². The summed E-state index contributed by atoms with van der Waals surface area (Å²) in [6.07, 6.45) is 2.93. The predicted molar refractivity (Wildman–Crippen MR) is 85.4 cm³/mol. The van der Waals surface area contributed by atoms with Gasteiger partial charge >= 0.3 is 0 Å². The summed E-state index contributed by atoms with van der Waals surface area (Å²) in [6, 6.07) is 7.67. The Morgan fingerprint density at radius 1 is 1.39 bits per heavy atom. The number of hydrogen-bond acceptors (Lipinski definition) is 4. The zero-order chi connectivity index (χ0) is 16.2. The molecule has 0 spiro atoms. The summed E-state index contributed by atoms with van der Waals surface area (Å²) >= 11 is 0. The number of rotatable bonds is 4. The molecule has 0 N–H and O–H groups in total. The number of aryl methyl sites for hydroxylation is 2. The van der Waals surface area contributed by atoms with Gasteiger partial charge in [0.1, 0.15) is 18.1 Å². The number of aromatic nitrogens is 2. The molecule has 0 bridgehead atoms. The Bertz CT molecular complexity index is 696. The fraction of sp³-hybridized carbons (Fsp3) is 0.412. The van der Waals surface area contributed by atoms with E-state index in [4.69, 9.17) is 9.47 Å². The summed E-state index contributed by atoms with van der Waals surface area (Å²) in [5.41, 5.74) is 2.08. The van der Waals surface area contributed by atoms with Crippen LogP contribution in [-0.2, 0) is 24.8 Å². The van der Waals surface area contributed by atoms with Crippen LogP contribution in [0.4, 0.5) is 0 Å². The maximum absolute atomic E-state index is 12.5. The summed E-state index contributed by atoms with van der Waals surface area (Å²) in [6.45, 7) is 1.67. The summed E-state index contributed by atoms with van der Waals surface area (Å²) in [7, 11) is 3.52. The van der Waals surface area contributed by atoms with Crippen molar-refractivity contribution in [2.75, 3.05) is 20.3 Å². The first-order valence-corrected chi connectivity index (χ1v) is 7.72. The first-order chi connectivity index (χ1) is 11.2. The lowest BCUT2D eigenvalue weighted by Gasteiger charge is -2.20. The average Bonchev–Trinajstić information content (AvgIpc) is 2.85. The normalized spacial score (nSPS) is 13.9. The maximum atomic E-state index is 12.5. The smallest absolute Gasteiger partial charge is 0.223 e. The molecule has 6 nitrogen and oxygen atoms in total. The van der Waals surface area contributed by atoms with Crippen molar-refractivity contribution in [1.29, 1.82) is 0 Å². The zero-order valence-corrected chi connectivity index (χ0v) is 13.5. The zero-order valence-electron chi connectivity index (χ0n) is 13.5. The summed E-state index contributed by atoms with van der Waals surface area (Å²) < 4.78 is 12.8. The molecule has 1 aromatic heterocycles. The van der Waals surface area contributed by atoms with E-state index in [1.54, 1.807) is 18.0 Å². The Balaban J connectivity index is 1.65. The standard InChI is InChI=1S/C17H21N3O3/c1-19-14(7-8-18-19)4-6-17(21)20-9-10-23-16-11-15(22-2)5-3-13(16)12-20/h3,5,7-8,11H,4,6,9-10,12H2,1-2H3. The number of fused-ring (bicyclic) bond motifs is 1. The van der Waals surface area contributed by atoms with Gasteiger partial charge in [0.05, 0.1) is 13.7 Å². The average molecular weight is 315 g/mol. The van der Waals surface area contributed by atoms with Gasteiger partial charge in [0.2, 0.25) is 5.91 Å². The van der Waals surface area contributed by atoms with Gasteiger partial charge in [-0.2, -0.15) is 5.10 Å². The molecule has 0 aliphatic carbocycles. The summed E-state index contributed by atoms with van der Waals surface area (Å²) in [4.78, 5) is 14.4. The Morgan fingerprint density at radius 2 is 2.26 bits per heavy atom. The van der Waals surface area contributed by atoms with Gasteiger partial charge < -0.3 is 14.4 Å². The lowest BCUT2D eigenvalue weighted by atomic mass is 10.1. The molecule has 1 aliphatic heterocycles. The van der Waals surface area contributed by atoms with E-state index in [2.05, 4.69) is 5.10 Å². The van der Waals surface area contributed by atoms with Gasteiger partial charge in [-0.15, -0.1) is 0 Å². The van der Waals surface area contributed by atoms with Gasteiger partial charge in [0, 0.05) is 43.5 Å². The number of amides is 1. The number of nitrogens with zero attached hydrogens (tertiary/aromatic N) is 3. The first-order valence-electron chi connectivity index (χ1n) is 7.72. The van der Waals surface area contributed by atoms with Gasteiger partial charge in [0.25, 0.3) is 0 Å². The third-order valence-electron chi connectivity index (χ3n) is 4.12. The van der Waals surface area contributed by atoms with E-state index in [1.165, 1.54) is 0 Å². The lowest BCUT2D eigenvalue weighted by Crippen LogP contribution is -2.32. The number of hydrogen-bond donors (Lipinski definition) is 0. The molecule has 1 amide bonds. The molecule has 3 rings (SSSR count). The molecular formula is C17H21N3O3. The van der Waals surface area contributed by atoms with Crippen LogP contribution in [-0.4, -0.2) is 40.8 Å². The molecule has 1 aliphatic rings. The van der Waals surface area contributed by atoms with E-state index in [1.807, 2.05) is 36.2 Å². The highest BCUT2D eigenvalue weighted by Gasteiger charge is 2.20. The number of benzene rings is 1. The van der Waals surface area contributed by atoms with Crippen molar-refractivity contribution < 1.29 is 14.3 Å². The van der Waals surface area contributed by atoms with Crippen molar-refractivity contribution in [3.8, 4) is 11.5 Å². The molecule has 0 saturated heterocycles. The number of carbonyl (C=O) groups excluding carboxylic acids is 1. The van der Waals surface area contributed by atoms with Crippen LogP contribution in [0.2, 0.25) is 0 Å². The van der Waals surface area contributed by atoms with Crippen molar-refractivity contribution in [1.82, 2.24) is 14.7 Å². The second-order valence-electron chi connectivity index (χ2n) is 5.58. The van der Waals surface area contributed by atoms with Crippen molar-refractivity contribution in [2.45, 2.75) is 19.4 Å². The molecule has 0 unspecified atom stereocenters. The van der Waals surface area contributed by atoms with E-state index in [9.17, 15) is 4.79 Å². The Labute approximate surface area is 135 Å². The molecule has 0 saturated carbocycles. The number of methoxy groups -OCH3 is 1.